The number of methoxy groups -OCH3 is 1. The third kappa shape index (κ3) is 6.35. The van der Waals surface area contributed by atoms with Crippen molar-refractivity contribution in [1.82, 2.24) is 15.0 Å². The van der Waals surface area contributed by atoms with Crippen molar-refractivity contribution >= 4 is 52.4 Å². The second-order valence-corrected chi connectivity index (χ2v) is 8.99. The molecule has 0 aliphatic rings. The van der Waals surface area contributed by atoms with Crippen LogP contribution >= 0.6 is 23.4 Å². The third-order valence-electron chi connectivity index (χ3n) is 5.01. The van der Waals surface area contributed by atoms with Crippen LogP contribution < -0.4 is 20.5 Å². The van der Waals surface area contributed by atoms with E-state index >= 15 is 0 Å². The number of benzene rings is 3. The number of hydrogen-bond acceptors (Lipinski definition) is 8. The van der Waals surface area contributed by atoms with Crippen LogP contribution in [0, 0.1) is 0 Å². The van der Waals surface area contributed by atoms with Gasteiger partial charge < -0.3 is 9.47 Å². The van der Waals surface area contributed by atoms with Gasteiger partial charge in [0.2, 0.25) is 0 Å². The van der Waals surface area contributed by atoms with Gasteiger partial charge >= 0.3 is 5.97 Å². The van der Waals surface area contributed by atoms with Gasteiger partial charge in [0.05, 0.1) is 35.7 Å². The molecule has 0 unspecified atom stereocenters. The molecule has 0 aliphatic carbocycles. The average Bonchev–Trinajstić information content (AvgIpc) is 2.89. The molecule has 0 bridgehead atoms. The molecule has 4 rings (SSSR count). The van der Waals surface area contributed by atoms with Gasteiger partial charge in [0, 0.05) is 11.9 Å². The molecular weight excluding hydrogens is 516 g/mol. The first-order chi connectivity index (χ1) is 17.9. The molecule has 37 heavy (non-hydrogen) atoms. The second-order valence-electron chi connectivity index (χ2n) is 7.61. The van der Waals surface area contributed by atoms with E-state index in [1.807, 2.05) is 0 Å². The van der Waals surface area contributed by atoms with Crippen molar-refractivity contribution in [2.24, 2.45) is 5.10 Å². The molecule has 0 atom stereocenters. The summed E-state index contributed by atoms with van der Waals surface area (Å²) < 4.78 is 11.8. The number of hydrazone groups is 1. The lowest BCUT2D eigenvalue weighted by Gasteiger charge is -2.13. The molecule has 1 N–H and O–H groups in total. The number of amides is 1. The summed E-state index contributed by atoms with van der Waals surface area (Å²) in [5, 5.41) is 5.33. The number of carbonyl (C=O) groups excluding carboxylic acids is 2. The normalized spacial score (nSPS) is 11.0. The highest BCUT2D eigenvalue weighted by molar-refractivity contribution is 7.99. The van der Waals surface area contributed by atoms with E-state index in [0.29, 0.717) is 38.1 Å². The average molecular weight is 537 g/mol. The number of carbonyl (C=O) groups is 2. The van der Waals surface area contributed by atoms with Crippen LogP contribution in [-0.4, -0.2) is 40.5 Å². The van der Waals surface area contributed by atoms with E-state index in [1.54, 1.807) is 66.7 Å². The summed E-state index contributed by atoms with van der Waals surface area (Å²) in [7, 11) is 1.45. The highest BCUT2D eigenvalue weighted by atomic mass is 35.5. The minimum atomic E-state index is -0.466. The number of halogens is 1. The Bertz CT molecular complexity index is 1550. The van der Waals surface area contributed by atoms with E-state index in [4.69, 9.17) is 21.1 Å². The predicted octanol–water partition coefficient (Wildman–Crippen LogP) is 4.22. The molecule has 1 aromatic heterocycles. The summed E-state index contributed by atoms with van der Waals surface area (Å²) in [5.74, 6) is -0.266. The Hall–Kier alpha value is -4.15. The van der Waals surface area contributed by atoms with Crippen molar-refractivity contribution in [3.63, 3.8) is 0 Å². The SMILES string of the molecule is COc1cc(C=NNC(=O)CSc2nc3ccccc3c(=O)n2-c2ccc(Cl)cc2)ccc1OC(C)=O. The fourth-order valence-electron chi connectivity index (χ4n) is 3.37. The summed E-state index contributed by atoms with van der Waals surface area (Å²) in [6.45, 7) is 1.30. The number of fused-ring (bicyclic) bond motifs is 1. The molecule has 0 fully saturated rings. The van der Waals surface area contributed by atoms with Gasteiger partial charge in [-0.1, -0.05) is 35.5 Å². The van der Waals surface area contributed by atoms with Crippen LogP contribution in [0.15, 0.2) is 81.8 Å². The Kier molecular flexibility index (Phi) is 8.22. The topological polar surface area (TPSA) is 112 Å². The second kappa shape index (κ2) is 11.7. The minimum Gasteiger partial charge on any atom is -0.493 e. The van der Waals surface area contributed by atoms with Crippen LogP contribution in [0.25, 0.3) is 16.6 Å². The van der Waals surface area contributed by atoms with Crippen LogP contribution in [0.3, 0.4) is 0 Å². The van der Waals surface area contributed by atoms with Gasteiger partial charge in [0.25, 0.3) is 11.5 Å². The first-order valence-corrected chi connectivity index (χ1v) is 12.3. The fraction of sp³-hybridized carbons (Fsp3) is 0.115. The molecular formula is C26H21ClN4O5S. The van der Waals surface area contributed by atoms with Gasteiger partial charge in [0.15, 0.2) is 16.7 Å². The van der Waals surface area contributed by atoms with Gasteiger partial charge in [-0.3, -0.25) is 19.0 Å². The van der Waals surface area contributed by atoms with Crippen LogP contribution in [0.4, 0.5) is 0 Å². The van der Waals surface area contributed by atoms with Crippen molar-refractivity contribution in [3.05, 3.63) is 87.7 Å². The Balaban J connectivity index is 1.49. The zero-order valence-corrected chi connectivity index (χ0v) is 21.4. The predicted molar refractivity (Wildman–Crippen MR) is 143 cm³/mol. The van der Waals surface area contributed by atoms with E-state index in [-0.39, 0.29) is 17.1 Å². The number of ether oxygens (including phenoxy) is 2. The first kappa shape index (κ1) is 25.9. The van der Waals surface area contributed by atoms with Crippen molar-refractivity contribution in [2.75, 3.05) is 12.9 Å². The van der Waals surface area contributed by atoms with E-state index in [0.717, 1.165) is 11.8 Å². The van der Waals surface area contributed by atoms with Crippen molar-refractivity contribution in [3.8, 4) is 17.2 Å². The molecule has 3 aromatic carbocycles. The van der Waals surface area contributed by atoms with Crippen LogP contribution in [0.2, 0.25) is 5.02 Å². The number of nitrogens with zero attached hydrogens (tertiary/aromatic N) is 3. The molecule has 0 spiro atoms. The Morgan fingerprint density at radius 1 is 1.11 bits per heavy atom. The molecule has 4 aromatic rings. The maximum Gasteiger partial charge on any atom is 0.308 e. The molecule has 1 heterocycles. The summed E-state index contributed by atoms with van der Waals surface area (Å²) in [4.78, 5) is 41.5. The zero-order valence-electron chi connectivity index (χ0n) is 19.8. The van der Waals surface area contributed by atoms with Gasteiger partial charge in [-0.15, -0.1) is 0 Å². The zero-order chi connectivity index (χ0) is 26.4. The number of esters is 1. The monoisotopic (exact) mass is 536 g/mol. The Morgan fingerprint density at radius 3 is 2.59 bits per heavy atom. The molecule has 0 radical (unpaired) electrons. The summed E-state index contributed by atoms with van der Waals surface area (Å²) in [5.41, 5.74) is 3.94. The van der Waals surface area contributed by atoms with Gasteiger partial charge in [-0.25, -0.2) is 10.4 Å². The van der Waals surface area contributed by atoms with Crippen molar-refractivity contribution in [1.29, 1.82) is 0 Å². The number of rotatable bonds is 8. The maximum absolute atomic E-state index is 13.3. The highest BCUT2D eigenvalue weighted by Crippen LogP contribution is 2.27. The fourth-order valence-corrected chi connectivity index (χ4v) is 4.30. The minimum absolute atomic E-state index is 0.0373. The molecule has 11 heteroatoms. The number of para-hydroxylation sites is 1. The summed E-state index contributed by atoms with van der Waals surface area (Å²) >= 11 is 7.12. The summed E-state index contributed by atoms with van der Waals surface area (Å²) in [6, 6.07) is 18.7. The molecule has 0 saturated heterocycles. The smallest absolute Gasteiger partial charge is 0.308 e. The van der Waals surface area contributed by atoms with Crippen LogP contribution in [0.5, 0.6) is 11.5 Å². The Labute approximate surface area is 221 Å². The van der Waals surface area contributed by atoms with E-state index in [2.05, 4.69) is 15.5 Å². The number of aromatic nitrogens is 2. The van der Waals surface area contributed by atoms with Crippen LogP contribution in [-0.2, 0) is 9.59 Å². The van der Waals surface area contributed by atoms with Crippen molar-refractivity contribution in [2.45, 2.75) is 12.1 Å². The number of nitrogens with one attached hydrogen (secondary N) is 1. The highest BCUT2D eigenvalue weighted by Gasteiger charge is 2.15. The maximum atomic E-state index is 13.3. The summed E-state index contributed by atoms with van der Waals surface area (Å²) in [6.07, 6.45) is 1.43. The first-order valence-electron chi connectivity index (χ1n) is 10.9. The molecule has 0 aliphatic heterocycles. The van der Waals surface area contributed by atoms with E-state index in [9.17, 15) is 14.4 Å². The molecule has 0 saturated carbocycles. The third-order valence-corrected chi connectivity index (χ3v) is 6.20. The van der Waals surface area contributed by atoms with Gasteiger partial charge in [-0.05, 0) is 60.2 Å². The lowest BCUT2D eigenvalue weighted by atomic mass is 10.2. The van der Waals surface area contributed by atoms with E-state index in [1.165, 1.54) is 24.8 Å². The largest absolute Gasteiger partial charge is 0.493 e. The number of hydrogen-bond donors (Lipinski definition) is 1. The lowest BCUT2D eigenvalue weighted by molar-refractivity contribution is -0.132. The standard InChI is InChI=1S/C26H21ClN4O5S/c1-16(32)36-22-12-7-17(13-23(22)35-2)14-28-30-24(33)15-37-26-29-21-6-4-3-5-20(21)25(34)31(26)19-10-8-18(27)9-11-19/h3-14H,15H2,1-2H3,(H,30,33). The quantitative estimate of drug-likeness (QED) is 0.0896. The Morgan fingerprint density at radius 2 is 1.86 bits per heavy atom. The lowest BCUT2D eigenvalue weighted by Crippen LogP contribution is -2.24. The molecule has 1 amide bonds. The van der Waals surface area contributed by atoms with Gasteiger partial charge in [0.1, 0.15) is 0 Å². The molecule has 188 valence electrons. The van der Waals surface area contributed by atoms with Crippen LogP contribution in [0.1, 0.15) is 12.5 Å². The van der Waals surface area contributed by atoms with Crippen molar-refractivity contribution < 1.29 is 19.1 Å². The van der Waals surface area contributed by atoms with Gasteiger partial charge in [-0.2, -0.15) is 5.10 Å². The number of thioether (sulfide) groups is 1. The molecule has 9 nitrogen and oxygen atoms in total. The van der Waals surface area contributed by atoms with E-state index < -0.39 is 11.9 Å².